The maximum atomic E-state index is 11.9. The van der Waals surface area contributed by atoms with Crippen LogP contribution in [0.2, 0.25) is 0 Å². The van der Waals surface area contributed by atoms with Crippen LogP contribution in [0.5, 0.6) is 0 Å². The number of carbonyl (C=O) groups is 2. The Balaban J connectivity index is 1.85. The van der Waals surface area contributed by atoms with Gasteiger partial charge in [0.15, 0.2) is 0 Å². The SMILES string of the molecule is CN(CC(=O)Nc1cc[nH]c(=O)c1N)C(=O)OCc1ccccc1. The molecule has 0 saturated carbocycles. The first kappa shape index (κ1) is 17.1. The van der Waals surface area contributed by atoms with Crippen LogP contribution in [0.3, 0.4) is 0 Å². The Bertz CT molecular complexity index is 773. The Labute approximate surface area is 138 Å². The van der Waals surface area contributed by atoms with E-state index in [1.54, 1.807) is 0 Å². The van der Waals surface area contributed by atoms with E-state index in [9.17, 15) is 14.4 Å². The van der Waals surface area contributed by atoms with Gasteiger partial charge >= 0.3 is 6.09 Å². The van der Waals surface area contributed by atoms with Crippen LogP contribution >= 0.6 is 0 Å². The van der Waals surface area contributed by atoms with Crippen molar-refractivity contribution in [3.05, 3.63) is 58.5 Å². The first-order valence-electron chi connectivity index (χ1n) is 7.16. The number of nitrogen functional groups attached to an aromatic ring is 1. The number of pyridine rings is 1. The van der Waals surface area contributed by atoms with Gasteiger partial charge in [-0.2, -0.15) is 0 Å². The fourth-order valence-electron chi connectivity index (χ4n) is 1.90. The number of nitrogens with two attached hydrogens (primary N) is 1. The van der Waals surface area contributed by atoms with Crippen molar-refractivity contribution < 1.29 is 14.3 Å². The second-order valence-corrected chi connectivity index (χ2v) is 5.08. The van der Waals surface area contributed by atoms with Crippen LogP contribution in [-0.4, -0.2) is 35.5 Å². The van der Waals surface area contributed by atoms with E-state index in [-0.39, 0.29) is 24.5 Å². The molecule has 0 aliphatic carbocycles. The molecule has 24 heavy (non-hydrogen) atoms. The number of H-pyrrole nitrogens is 1. The van der Waals surface area contributed by atoms with E-state index in [0.717, 1.165) is 10.5 Å². The highest BCUT2D eigenvalue weighted by atomic mass is 16.6. The summed E-state index contributed by atoms with van der Waals surface area (Å²) >= 11 is 0. The highest BCUT2D eigenvalue weighted by Gasteiger charge is 2.15. The van der Waals surface area contributed by atoms with E-state index >= 15 is 0 Å². The fourth-order valence-corrected chi connectivity index (χ4v) is 1.90. The van der Waals surface area contributed by atoms with E-state index < -0.39 is 17.6 Å². The Morgan fingerprint density at radius 1 is 1.25 bits per heavy atom. The first-order chi connectivity index (χ1) is 11.5. The van der Waals surface area contributed by atoms with Gasteiger partial charge in [-0.3, -0.25) is 9.59 Å². The summed E-state index contributed by atoms with van der Waals surface area (Å²) in [5.74, 6) is -0.494. The number of ether oxygens (including phenoxy) is 1. The highest BCUT2D eigenvalue weighted by molar-refractivity contribution is 5.96. The number of benzene rings is 1. The molecule has 0 spiro atoms. The highest BCUT2D eigenvalue weighted by Crippen LogP contribution is 2.11. The normalized spacial score (nSPS) is 10.0. The lowest BCUT2D eigenvalue weighted by molar-refractivity contribution is -0.116. The number of nitrogens with zero attached hydrogens (tertiary/aromatic N) is 1. The molecule has 0 bridgehead atoms. The number of hydrogen-bond donors (Lipinski definition) is 3. The largest absolute Gasteiger partial charge is 0.445 e. The number of carbonyl (C=O) groups excluding carboxylic acids is 2. The molecule has 2 aromatic rings. The number of rotatable bonds is 5. The summed E-state index contributed by atoms with van der Waals surface area (Å²) < 4.78 is 5.11. The molecular weight excluding hydrogens is 312 g/mol. The fraction of sp³-hybridized carbons (Fsp3) is 0.188. The molecule has 0 atom stereocenters. The Morgan fingerprint density at radius 3 is 2.67 bits per heavy atom. The van der Waals surface area contributed by atoms with Crippen molar-refractivity contribution >= 4 is 23.4 Å². The van der Waals surface area contributed by atoms with Crippen LogP contribution in [0.1, 0.15) is 5.56 Å². The first-order valence-corrected chi connectivity index (χ1v) is 7.16. The molecule has 0 saturated heterocycles. The minimum Gasteiger partial charge on any atom is -0.445 e. The molecule has 0 unspecified atom stereocenters. The Kier molecular flexibility index (Phi) is 5.56. The molecule has 0 aliphatic rings. The maximum Gasteiger partial charge on any atom is 0.410 e. The van der Waals surface area contributed by atoms with E-state index in [1.165, 1.54) is 19.3 Å². The van der Waals surface area contributed by atoms with Crippen molar-refractivity contribution in [3.8, 4) is 0 Å². The molecule has 8 nitrogen and oxygen atoms in total. The molecular formula is C16H18N4O4. The van der Waals surface area contributed by atoms with Gasteiger partial charge in [0.1, 0.15) is 18.8 Å². The molecule has 1 heterocycles. The minimum absolute atomic E-state index is 0.0971. The summed E-state index contributed by atoms with van der Waals surface area (Å²) in [5, 5.41) is 2.48. The maximum absolute atomic E-state index is 11.9. The number of nitrogens with one attached hydrogen (secondary N) is 2. The molecule has 126 valence electrons. The third kappa shape index (κ3) is 4.60. The molecule has 8 heteroatoms. The van der Waals surface area contributed by atoms with Crippen LogP contribution in [-0.2, 0) is 16.1 Å². The second kappa shape index (κ2) is 7.82. The topological polar surface area (TPSA) is 118 Å². The number of anilines is 2. The average molecular weight is 330 g/mol. The molecule has 0 fully saturated rings. The van der Waals surface area contributed by atoms with E-state index in [2.05, 4.69) is 10.3 Å². The van der Waals surface area contributed by atoms with Crippen molar-refractivity contribution in [1.82, 2.24) is 9.88 Å². The molecule has 0 aliphatic heterocycles. The zero-order valence-corrected chi connectivity index (χ0v) is 13.1. The molecule has 2 rings (SSSR count). The van der Waals surface area contributed by atoms with Crippen molar-refractivity contribution in [1.29, 1.82) is 0 Å². The van der Waals surface area contributed by atoms with Gasteiger partial charge in [0.25, 0.3) is 5.56 Å². The standard InChI is InChI=1S/C16H18N4O4/c1-20(16(23)24-10-11-5-3-2-4-6-11)9-13(21)19-12-7-8-18-15(22)14(12)17/h2-8H,9-10,17H2,1H3,(H2,18,19,21,22). The van der Waals surface area contributed by atoms with E-state index in [0.29, 0.717) is 0 Å². The van der Waals surface area contributed by atoms with Crippen molar-refractivity contribution in [2.45, 2.75) is 6.61 Å². The molecule has 0 radical (unpaired) electrons. The van der Waals surface area contributed by atoms with Crippen LogP contribution in [0.25, 0.3) is 0 Å². The number of aromatic amines is 1. The van der Waals surface area contributed by atoms with Gasteiger partial charge in [0.05, 0.1) is 5.69 Å². The smallest absolute Gasteiger partial charge is 0.410 e. The zero-order valence-electron chi connectivity index (χ0n) is 13.1. The van der Waals surface area contributed by atoms with Gasteiger partial charge in [-0.25, -0.2) is 4.79 Å². The predicted molar refractivity (Wildman–Crippen MR) is 89.4 cm³/mol. The molecule has 2 amide bonds. The van der Waals surface area contributed by atoms with Crippen LogP contribution < -0.4 is 16.6 Å². The van der Waals surface area contributed by atoms with Crippen molar-refractivity contribution in [3.63, 3.8) is 0 Å². The molecule has 4 N–H and O–H groups in total. The lowest BCUT2D eigenvalue weighted by Crippen LogP contribution is -2.35. The van der Waals surface area contributed by atoms with Crippen molar-refractivity contribution in [2.24, 2.45) is 0 Å². The second-order valence-electron chi connectivity index (χ2n) is 5.08. The number of hydrogen-bond acceptors (Lipinski definition) is 5. The lowest BCUT2D eigenvalue weighted by Gasteiger charge is -2.17. The average Bonchev–Trinajstić information content (AvgIpc) is 2.57. The number of amides is 2. The zero-order chi connectivity index (χ0) is 17.5. The molecule has 1 aromatic heterocycles. The minimum atomic E-state index is -0.632. The predicted octanol–water partition coefficient (Wildman–Crippen LogP) is 1.16. The summed E-state index contributed by atoms with van der Waals surface area (Å²) in [7, 11) is 1.44. The van der Waals surface area contributed by atoms with E-state index in [4.69, 9.17) is 10.5 Å². The van der Waals surface area contributed by atoms with Gasteiger partial charge in [0, 0.05) is 13.2 Å². The monoisotopic (exact) mass is 330 g/mol. The van der Waals surface area contributed by atoms with Gasteiger partial charge in [-0.15, -0.1) is 0 Å². The molecule has 1 aromatic carbocycles. The van der Waals surface area contributed by atoms with Gasteiger partial charge in [0.2, 0.25) is 5.91 Å². The third-order valence-electron chi connectivity index (χ3n) is 3.17. The van der Waals surface area contributed by atoms with Gasteiger partial charge < -0.3 is 25.7 Å². The quantitative estimate of drug-likeness (QED) is 0.760. The van der Waals surface area contributed by atoms with Crippen LogP contribution in [0.4, 0.5) is 16.2 Å². The van der Waals surface area contributed by atoms with Crippen LogP contribution in [0, 0.1) is 0 Å². The Hall–Kier alpha value is -3.29. The summed E-state index contributed by atoms with van der Waals surface area (Å²) in [6.45, 7) is -0.119. The summed E-state index contributed by atoms with van der Waals surface area (Å²) in [6, 6.07) is 10.7. The van der Waals surface area contributed by atoms with Crippen molar-refractivity contribution in [2.75, 3.05) is 24.6 Å². The number of likely N-dealkylation sites (N-methyl/N-ethyl adjacent to an activating group) is 1. The Morgan fingerprint density at radius 2 is 1.96 bits per heavy atom. The van der Waals surface area contributed by atoms with E-state index in [1.807, 2.05) is 30.3 Å². The lowest BCUT2D eigenvalue weighted by atomic mass is 10.2. The van der Waals surface area contributed by atoms with Gasteiger partial charge in [-0.05, 0) is 11.6 Å². The third-order valence-corrected chi connectivity index (χ3v) is 3.17. The number of aromatic nitrogens is 1. The summed E-state index contributed by atoms with van der Waals surface area (Å²) in [5.41, 5.74) is 6.01. The summed E-state index contributed by atoms with van der Waals surface area (Å²) in [6.07, 6.45) is 0.736. The van der Waals surface area contributed by atoms with Crippen LogP contribution in [0.15, 0.2) is 47.4 Å². The van der Waals surface area contributed by atoms with Gasteiger partial charge in [-0.1, -0.05) is 30.3 Å². The summed E-state index contributed by atoms with van der Waals surface area (Å²) in [4.78, 5) is 38.7.